The fraction of sp³-hybridized carbons (Fsp3) is 0.450. The number of rotatable bonds is 7. The first-order valence-electron chi connectivity index (χ1n) is 9.63. The number of carbonyl (C=O) groups is 2. The molecule has 150 valence electrons. The Bertz CT molecular complexity index is 817. The van der Waals surface area contributed by atoms with E-state index in [1.165, 1.54) is 47.3 Å². The molecule has 1 aromatic heterocycles. The summed E-state index contributed by atoms with van der Waals surface area (Å²) >= 11 is 0. The molecule has 0 unspecified atom stereocenters. The van der Waals surface area contributed by atoms with Crippen LogP contribution >= 0.6 is 0 Å². The van der Waals surface area contributed by atoms with Gasteiger partial charge in [0.25, 0.3) is 5.91 Å². The maximum Gasteiger partial charge on any atom is 0.254 e. The van der Waals surface area contributed by atoms with Crippen molar-refractivity contribution >= 4 is 17.6 Å². The molecule has 2 N–H and O–H groups in total. The minimum atomic E-state index is -0.477. The number of amides is 2. The van der Waals surface area contributed by atoms with Gasteiger partial charge in [0.05, 0.1) is 26.2 Å². The molecule has 1 fully saturated rings. The molecule has 0 saturated carbocycles. The van der Waals surface area contributed by atoms with E-state index >= 15 is 0 Å². The van der Waals surface area contributed by atoms with Crippen LogP contribution in [0.3, 0.4) is 0 Å². The lowest BCUT2D eigenvalue weighted by atomic mass is 10.1. The number of halogens is 1. The summed E-state index contributed by atoms with van der Waals surface area (Å²) in [6.07, 6.45) is 3.60. The van der Waals surface area contributed by atoms with E-state index in [0.717, 1.165) is 19.6 Å². The number of piperidine rings is 1. The van der Waals surface area contributed by atoms with Gasteiger partial charge in [0.2, 0.25) is 5.91 Å². The van der Waals surface area contributed by atoms with Gasteiger partial charge in [-0.15, -0.1) is 0 Å². The third-order valence-corrected chi connectivity index (χ3v) is 4.88. The standard InChI is InChI=1S/C20H25FN4O3/c1-15-12-18(23-28-15)22-19(26)14-25(11-10-24-8-3-2-4-9-24)20(27)16-6-5-7-17(21)13-16/h5-7,12-13H,2-4,8-11,14H2,1H3,(H,22,23,26)/p+1. The van der Waals surface area contributed by atoms with Crippen LogP contribution in [0.15, 0.2) is 34.9 Å². The number of aryl methyl sites for hydroxylation is 1. The van der Waals surface area contributed by atoms with E-state index in [2.05, 4.69) is 10.5 Å². The Morgan fingerprint density at radius 1 is 1.25 bits per heavy atom. The second-order valence-electron chi connectivity index (χ2n) is 7.17. The van der Waals surface area contributed by atoms with Crippen molar-refractivity contribution in [2.24, 2.45) is 0 Å². The SMILES string of the molecule is Cc1cc(NC(=O)CN(CC[NH+]2CCCCC2)C(=O)c2cccc(F)c2)no1. The van der Waals surface area contributed by atoms with E-state index in [1.54, 1.807) is 19.1 Å². The van der Waals surface area contributed by atoms with E-state index in [-0.39, 0.29) is 23.9 Å². The molecule has 1 saturated heterocycles. The molecule has 28 heavy (non-hydrogen) atoms. The highest BCUT2D eigenvalue weighted by Gasteiger charge is 2.22. The van der Waals surface area contributed by atoms with Gasteiger partial charge >= 0.3 is 0 Å². The van der Waals surface area contributed by atoms with Gasteiger partial charge in [-0.05, 0) is 44.4 Å². The maximum atomic E-state index is 13.5. The highest BCUT2D eigenvalue weighted by molar-refractivity contribution is 5.99. The molecule has 0 spiro atoms. The Morgan fingerprint density at radius 2 is 2.04 bits per heavy atom. The molecule has 0 atom stereocenters. The first-order chi connectivity index (χ1) is 13.5. The van der Waals surface area contributed by atoms with Crippen LogP contribution in [0.4, 0.5) is 10.2 Å². The molecule has 2 amide bonds. The Morgan fingerprint density at radius 3 is 2.71 bits per heavy atom. The molecule has 0 radical (unpaired) electrons. The summed E-state index contributed by atoms with van der Waals surface area (Å²) in [5.74, 6) is -0.317. The van der Waals surface area contributed by atoms with Crippen LogP contribution in [0.5, 0.6) is 0 Å². The van der Waals surface area contributed by atoms with Gasteiger partial charge in [-0.25, -0.2) is 4.39 Å². The summed E-state index contributed by atoms with van der Waals surface area (Å²) in [5, 5.41) is 6.36. The van der Waals surface area contributed by atoms with Crippen molar-refractivity contribution in [3.63, 3.8) is 0 Å². The van der Waals surface area contributed by atoms with Crippen molar-refractivity contribution in [2.75, 3.05) is 38.0 Å². The topological polar surface area (TPSA) is 79.9 Å². The van der Waals surface area contributed by atoms with Gasteiger partial charge < -0.3 is 19.6 Å². The first-order valence-corrected chi connectivity index (χ1v) is 9.63. The van der Waals surface area contributed by atoms with Gasteiger partial charge in [0.1, 0.15) is 18.1 Å². The lowest BCUT2D eigenvalue weighted by Gasteiger charge is -2.27. The lowest BCUT2D eigenvalue weighted by Crippen LogP contribution is -3.13. The molecule has 3 rings (SSSR count). The maximum absolute atomic E-state index is 13.5. The molecule has 0 bridgehead atoms. The molecular formula is C20H26FN4O3+. The van der Waals surface area contributed by atoms with Crippen LogP contribution in [-0.2, 0) is 4.79 Å². The predicted octanol–water partition coefficient (Wildman–Crippen LogP) is 1.27. The summed E-state index contributed by atoms with van der Waals surface area (Å²) in [7, 11) is 0. The summed E-state index contributed by atoms with van der Waals surface area (Å²) in [6, 6.07) is 7.15. The van der Waals surface area contributed by atoms with Crippen LogP contribution in [0, 0.1) is 12.7 Å². The smallest absolute Gasteiger partial charge is 0.254 e. The number of hydrogen-bond donors (Lipinski definition) is 2. The number of anilines is 1. The summed E-state index contributed by atoms with van der Waals surface area (Å²) in [6.45, 7) is 4.94. The molecular weight excluding hydrogens is 363 g/mol. The lowest BCUT2D eigenvalue weighted by molar-refractivity contribution is -0.904. The number of likely N-dealkylation sites (tertiary alicyclic amines) is 1. The van der Waals surface area contributed by atoms with Crippen molar-refractivity contribution in [1.82, 2.24) is 10.1 Å². The fourth-order valence-corrected chi connectivity index (χ4v) is 3.43. The third-order valence-electron chi connectivity index (χ3n) is 4.88. The predicted molar refractivity (Wildman–Crippen MR) is 102 cm³/mol. The molecule has 0 aliphatic carbocycles. The van der Waals surface area contributed by atoms with Crippen LogP contribution in [-0.4, -0.2) is 54.6 Å². The molecule has 8 heteroatoms. The second kappa shape index (κ2) is 9.45. The van der Waals surface area contributed by atoms with Crippen LogP contribution < -0.4 is 10.2 Å². The van der Waals surface area contributed by atoms with E-state index < -0.39 is 5.82 Å². The Balaban J connectivity index is 1.67. The van der Waals surface area contributed by atoms with Crippen LogP contribution in [0.2, 0.25) is 0 Å². The average molecular weight is 389 g/mol. The number of nitrogens with one attached hydrogen (secondary N) is 2. The third kappa shape index (κ3) is 5.63. The van der Waals surface area contributed by atoms with Gasteiger partial charge in [0, 0.05) is 11.6 Å². The van der Waals surface area contributed by atoms with Crippen molar-refractivity contribution in [3.05, 3.63) is 47.5 Å². The summed E-state index contributed by atoms with van der Waals surface area (Å²) < 4.78 is 18.5. The van der Waals surface area contributed by atoms with Crippen molar-refractivity contribution < 1.29 is 23.4 Å². The quantitative estimate of drug-likeness (QED) is 0.748. The zero-order valence-electron chi connectivity index (χ0n) is 16.0. The second-order valence-corrected chi connectivity index (χ2v) is 7.17. The zero-order chi connectivity index (χ0) is 19.9. The zero-order valence-corrected chi connectivity index (χ0v) is 16.0. The Kier molecular flexibility index (Phi) is 6.76. The average Bonchev–Trinajstić information content (AvgIpc) is 3.10. The summed E-state index contributed by atoms with van der Waals surface area (Å²) in [4.78, 5) is 28.2. The van der Waals surface area contributed by atoms with Crippen molar-refractivity contribution in [1.29, 1.82) is 0 Å². The highest BCUT2D eigenvalue weighted by atomic mass is 19.1. The number of carbonyl (C=O) groups excluding carboxylic acids is 2. The van der Waals surface area contributed by atoms with E-state index in [4.69, 9.17) is 4.52 Å². The number of nitrogens with zero attached hydrogens (tertiary/aromatic N) is 2. The van der Waals surface area contributed by atoms with E-state index in [1.807, 2.05) is 0 Å². The number of quaternary nitrogens is 1. The fourth-order valence-electron chi connectivity index (χ4n) is 3.43. The first kappa shape index (κ1) is 20.0. The van der Waals surface area contributed by atoms with Gasteiger partial charge in [-0.1, -0.05) is 11.2 Å². The minimum absolute atomic E-state index is 0.130. The highest BCUT2D eigenvalue weighted by Crippen LogP contribution is 2.10. The monoisotopic (exact) mass is 389 g/mol. The Hall–Kier alpha value is -2.74. The largest absolute Gasteiger partial charge is 0.360 e. The molecule has 2 heterocycles. The molecule has 1 aromatic carbocycles. The molecule has 1 aliphatic heterocycles. The number of benzene rings is 1. The normalized spacial score (nSPS) is 14.6. The molecule has 1 aliphatic rings. The van der Waals surface area contributed by atoms with E-state index in [0.29, 0.717) is 18.1 Å². The van der Waals surface area contributed by atoms with Crippen molar-refractivity contribution in [3.8, 4) is 0 Å². The van der Waals surface area contributed by atoms with Crippen LogP contribution in [0.1, 0.15) is 35.4 Å². The minimum Gasteiger partial charge on any atom is -0.360 e. The Labute approximate surface area is 163 Å². The van der Waals surface area contributed by atoms with Crippen LogP contribution in [0.25, 0.3) is 0 Å². The van der Waals surface area contributed by atoms with E-state index in [9.17, 15) is 14.0 Å². The molecule has 7 nitrogen and oxygen atoms in total. The number of aromatic nitrogens is 1. The number of hydrogen-bond acceptors (Lipinski definition) is 4. The van der Waals surface area contributed by atoms with Gasteiger partial charge in [-0.2, -0.15) is 0 Å². The van der Waals surface area contributed by atoms with Gasteiger partial charge in [-0.3, -0.25) is 9.59 Å². The van der Waals surface area contributed by atoms with Crippen molar-refractivity contribution in [2.45, 2.75) is 26.2 Å². The molecule has 2 aromatic rings. The van der Waals surface area contributed by atoms with Gasteiger partial charge in [0.15, 0.2) is 5.82 Å². The summed E-state index contributed by atoms with van der Waals surface area (Å²) in [5.41, 5.74) is 0.235.